The molecule has 1 aromatic carbocycles. The molecule has 0 atom stereocenters. The van der Waals surface area contributed by atoms with Crippen molar-refractivity contribution < 1.29 is 0 Å². The second kappa shape index (κ2) is 6.35. The predicted molar refractivity (Wildman–Crippen MR) is 83.9 cm³/mol. The maximum Gasteiger partial charge on any atom is 0.185 e. The standard InChI is InChI=1S/C15H20N4S/c16-11-13-2-1-3-14(10-13)12-18-5-7-19(8-6-18)15-17-4-9-20-15/h1-4,9-10H,5-8,11-12,16H2. The summed E-state index contributed by atoms with van der Waals surface area (Å²) in [7, 11) is 0. The SMILES string of the molecule is NCc1cccc(CN2CCN(c3nccs3)CC2)c1. The molecule has 1 saturated heterocycles. The third-order valence-corrected chi connectivity index (χ3v) is 4.53. The van der Waals surface area contributed by atoms with Gasteiger partial charge in [0.15, 0.2) is 5.13 Å². The molecule has 5 heteroatoms. The Bertz CT molecular complexity index is 533. The summed E-state index contributed by atoms with van der Waals surface area (Å²) in [5, 5.41) is 3.19. The van der Waals surface area contributed by atoms with Gasteiger partial charge in [-0.3, -0.25) is 4.90 Å². The summed E-state index contributed by atoms with van der Waals surface area (Å²) in [5.41, 5.74) is 8.27. The van der Waals surface area contributed by atoms with E-state index in [0.717, 1.165) is 37.9 Å². The third kappa shape index (κ3) is 3.17. The Morgan fingerprint density at radius 2 is 1.95 bits per heavy atom. The molecule has 1 aliphatic heterocycles. The van der Waals surface area contributed by atoms with E-state index in [2.05, 4.69) is 39.0 Å². The van der Waals surface area contributed by atoms with Gasteiger partial charge in [0.05, 0.1) is 0 Å². The van der Waals surface area contributed by atoms with E-state index in [-0.39, 0.29) is 0 Å². The van der Waals surface area contributed by atoms with Crippen LogP contribution < -0.4 is 10.6 Å². The van der Waals surface area contributed by atoms with Crippen LogP contribution in [0.2, 0.25) is 0 Å². The first kappa shape index (κ1) is 13.5. The molecule has 3 rings (SSSR count). The molecule has 4 nitrogen and oxygen atoms in total. The molecule has 1 aliphatic rings. The van der Waals surface area contributed by atoms with Gasteiger partial charge in [-0.1, -0.05) is 24.3 Å². The molecule has 2 N–H and O–H groups in total. The Morgan fingerprint density at radius 1 is 1.15 bits per heavy atom. The number of piperazine rings is 1. The lowest BCUT2D eigenvalue weighted by Crippen LogP contribution is -2.45. The molecule has 0 spiro atoms. The van der Waals surface area contributed by atoms with Gasteiger partial charge in [-0.2, -0.15) is 0 Å². The summed E-state index contributed by atoms with van der Waals surface area (Å²) >= 11 is 1.72. The Kier molecular flexibility index (Phi) is 4.30. The van der Waals surface area contributed by atoms with Gasteiger partial charge in [0.2, 0.25) is 0 Å². The van der Waals surface area contributed by atoms with E-state index < -0.39 is 0 Å². The lowest BCUT2D eigenvalue weighted by atomic mass is 10.1. The van der Waals surface area contributed by atoms with Crippen molar-refractivity contribution in [1.29, 1.82) is 0 Å². The van der Waals surface area contributed by atoms with Crippen LogP contribution in [0.1, 0.15) is 11.1 Å². The van der Waals surface area contributed by atoms with Crippen molar-refractivity contribution in [1.82, 2.24) is 9.88 Å². The van der Waals surface area contributed by atoms with Crippen molar-refractivity contribution in [2.75, 3.05) is 31.1 Å². The maximum absolute atomic E-state index is 5.70. The maximum atomic E-state index is 5.70. The number of anilines is 1. The van der Waals surface area contributed by atoms with Crippen LogP contribution in [0, 0.1) is 0 Å². The molecule has 0 radical (unpaired) electrons. The van der Waals surface area contributed by atoms with E-state index in [1.54, 1.807) is 11.3 Å². The third-order valence-electron chi connectivity index (χ3n) is 3.70. The minimum Gasteiger partial charge on any atom is -0.346 e. The smallest absolute Gasteiger partial charge is 0.185 e. The zero-order chi connectivity index (χ0) is 13.8. The molecule has 0 aliphatic carbocycles. The van der Waals surface area contributed by atoms with Gasteiger partial charge in [0.25, 0.3) is 0 Å². The number of rotatable bonds is 4. The highest BCUT2D eigenvalue weighted by Gasteiger charge is 2.18. The molecular weight excluding hydrogens is 268 g/mol. The molecule has 0 amide bonds. The molecular formula is C15H20N4S. The van der Waals surface area contributed by atoms with Crippen LogP contribution >= 0.6 is 11.3 Å². The minimum atomic E-state index is 0.617. The number of hydrogen-bond donors (Lipinski definition) is 1. The van der Waals surface area contributed by atoms with E-state index in [0.29, 0.717) is 6.54 Å². The monoisotopic (exact) mass is 288 g/mol. The molecule has 106 valence electrons. The fraction of sp³-hybridized carbons (Fsp3) is 0.400. The summed E-state index contributed by atoms with van der Waals surface area (Å²) in [6, 6.07) is 8.59. The van der Waals surface area contributed by atoms with Crippen molar-refractivity contribution >= 4 is 16.5 Å². The van der Waals surface area contributed by atoms with Gasteiger partial charge in [-0.25, -0.2) is 4.98 Å². The normalized spacial score (nSPS) is 16.6. The molecule has 1 fully saturated rings. The van der Waals surface area contributed by atoms with Crippen LogP contribution in [0.15, 0.2) is 35.8 Å². The Morgan fingerprint density at radius 3 is 2.65 bits per heavy atom. The summed E-state index contributed by atoms with van der Waals surface area (Å²) in [4.78, 5) is 9.26. The van der Waals surface area contributed by atoms with E-state index in [9.17, 15) is 0 Å². The molecule has 0 saturated carbocycles. The average molecular weight is 288 g/mol. The quantitative estimate of drug-likeness (QED) is 0.933. The second-order valence-corrected chi connectivity index (χ2v) is 5.97. The van der Waals surface area contributed by atoms with Crippen LogP contribution in [0.5, 0.6) is 0 Å². The van der Waals surface area contributed by atoms with Crippen LogP contribution in [0.25, 0.3) is 0 Å². The van der Waals surface area contributed by atoms with Gasteiger partial charge >= 0.3 is 0 Å². The van der Waals surface area contributed by atoms with Crippen LogP contribution in [-0.4, -0.2) is 36.1 Å². The van der Waals surface area contributed by atoms with Crippen molar-refractivity contribution in [2.45, 2.75) is 13.1 Å². The van der Waals surface area contributed by atoms with Gasteiger partial charge in [-0.05, 0) is 11.1 Å². The lowest BCUT2D eigenvalue weighted by molar-refractivity contribution is 0.250. The van der Waals surface area contributed by atoms with Crippen molar-refractivity contribution in [2.24, 2.45) is 5.73 Å². The van der Waals surface area contributed by atoms with Gasteiger partial charge in [0.1, 0.15) is 0 Å². The summed E-state index contributed by atoms with van der Waals surface area (Å²) in [6.07, 6.45) is 1.88. The van der Waals surface area contributed by atoms with Crippen molar-refractivity contribution in [3.05, 3.63) is 47.0 Å². The highest BCUT2D eigenvalue weighted by Crippen LogP contribution is 2.19. The fourth-order valence-corrected chi connectivity index (χ4v) is 3.28. The van der Waals surface area contributed by atoms with Crippen LogP contribution in [0.4, 0.5) is 5.13 Å². The molecule has 20 heavy (non-hydrogen) atoms. The van der Waals surface area contributed by atoms with E-state index in [4.69, 9.17) is 5.73 Å². The topological polar surface area (TPSA) is 45.4 Å². The first-order valence-corrected chi connectivity index (χ1v) is 7.88. The number of benzene rings is 1. The lowest BCUT2D eigenvalue weighted by Gasteiger charge is -2.34. The Labute approximate surface area is 123 Å². The number of aromatic nitrogens is 1. The molecule has 2 aromatic rings. The van der Waals surface area contributed by atoms with Gasteiger partial charge in [-0.15, -0.1) is 11.3 Å². The Hall–Kier alpha value is -1.43. The number of nitrogens with two attached hydrogens (primary N) is 1. The summed E-state index contributed by atoms with van der Waals surface area (Å²) < 4.78 is 0. The largest absolute Gasteiger partial charge is 0.346 e. The highest BCUT2D eigenvalue weighted by atomic mass is 32.1. The summed E-state index contributed by atoms with van der Waals surface area (Å²) in [6.45, 7) is 5.93. The molecule has 2 heterocycles. The number of nitrogens with zero attached hydrogens (tertiary/aromatic N) is 3. The highest BCUT2D eigenvalue weighted by molar-refractivity contribution is 7.13. The number of hydrogen-bond acceptors (Lipinski definition) is 5. The van der Waals surface area contributed by atoms with E-state index >= 15 is 0 Å². The van der Waals surface area contributed by atoms with Crippen molar-refractivity contribution in [3.63, 3.8) is 0 Å². The van der Waals surface area contributed by atoms with E-state index in [1.807, 2.05) is 11.6 Å². The molecule has 1 aromatic heterocycles. The fourth-order valence-electron chi connectivity index (χ4n) is 2.58. The predicted octanol–water partition coefficient (Wildman–Crippen LogP) is 1.92. The second-order valence-electron chi connectivity index (χ2n) is 5.10. The van der Waals surface area contributed by atoms with E-state index in [1.165, 1.54) is 11.1 Å². The number of thiazole rings is 1. The zero-order valence-corrected chi connectivity index (χ0v) is 12.4. The first-order chi connectivity index (χ1) is 9.85. The van der Waals surface area contributed by atoms with Gasteiger partial charge < -0.3 is 10.6 Å². The van der Waals surface area contributed by atoms with Crippen molar-refractivity contribution in [3.8, 4) is 0 Å². The molecule has 0 unspecified atom stereocenters. The average Bonchev–Trinajstić information content (AvgIpc) is 3.02. The van der Waals surface area contributed by atoms with Gasteiger partial charge in [0, 0.05) is 50.8 Å². The zero-order valence-electron chi connectivity index (χ0n) is 11.5. The van der Waals surface area contributed by atoms with Crippen LogP contribution in [0.3, 0.4) is 0 Å². The summed E-state index contributed by atoms with van der Waals surface area (Å²) in [5.74, 6) is 0. The first-order valence-electron chi connectivity index (χ1n) is 7.00. The Balaban J connectivity index is 1.55. The van der Waals surface area contributed by atoms with Crippen LogP contribution in [-0.2, 0) is 13.1 Å². The minimum absolute atomic E-state index is 0.617. The molecule has 0 bridgehead atoms.